The van der Waals surface area contributed by atoms with Crippen molar-refractivity contribution in [2.75, 3.05) is 12.4 Å². The molecule has 0 spiro atoms. The van der Waals surface area contributed by atoms with Gasteiger partial charge in [0, 0.05) is 18.3 Å². The molecule has 0 aliphatic carbocycles. The number of aromatic hydroxyl groups is 3. The number of carbonyl (C=O) groups is 1. The van der Waals surface area contributed by atoms with Crippen LogP contribution in [0.25, 0.3) is 0 Å². The highest BCUT2D eigenvalue weighted by Gasteiger charge is 2.09. The van der Waals surface area contributed by atoms with Crippen LogP contribution in [-0.2, 0) is 4.74 Å². The Morgan fingerprint density at radius 3 is 2.48 bits per heavy atom. The van der Waals surface area contributed by atoms with Gasteiger partial charge in [0.25, 0.3) is 0 Å². The van der Waals surface area contributed by atoms with Crippen LogP contribution >= 0.6 is 12.2 Å². The van der Waals surface area contributed by atoms with Gasteiger partial charge in [-0.3, -0.25) is 10.3 Å². The number of para-hydroxylation sites is 2. The molecule has 0 aliphatic rings. The van der Waals surface area contributed by atoms with Crippen molar-refractivity contribution in [2.24, 2.45) is 4.99 Å². The maximum atomic E-state index is 11.1. The minimum absolute atomic E-state index is 0.0184. The first-order valence-corrected chi connectivity index (χ1v) is 7.35. The fourth-order valence-electron chi connectivity index (χ4n) is 1.86. The van der Waals surface area contributed by atoms with Crippen LogP contribution in [0.4, 0.5) is 16.2 Å². The number of carbonyl (C=O) groups excluding carboxylic acids is 1. The summed E-state index contributed by atoms with van der Waals surface area (Å²) in [5, 5.41) is 34.0. The Balaban J connectivity index is 2.24. The third-order valence-corrected chi connectivity index (χ3v) is 3.21. The van der Waals surface area contributed by atoms with Crippen molar-refractivity contribution in [2.45, 2.75) is 0 Å². The third-order valence-electron chi connectivity index (χ3n) is 3.01. The Morgan fingerprint density at radius 1 is 1.20 bits per heavy atom. The molecule has 5 N–H and O–H groups in total. The van der Waals surface area contributed by atoms with E-state index in [9.17, 15) is 20.1 Å². The first kappa shape index (κ1) is 18.0. The van der Waals surface area contributed by atoms with Crippen LogP contribution in [-0.4, -0.2) is 39.8 Å². The number of hydrogen-bond donors (Lipinski definition) is 5. The molecule has 0 fully saturated rings. The molecule has 25 heavy (non-hydrogen) atoms. The molecule has 0 atom stereocenters. The van der Waals surface area contributed by atoms with Gasteiger partial charge < -0.3 is 25.4 Å². The van der Waals surface area contributed by atoms with Crippen molar-refractivity contribution in [1.82, 2.24) is 5.32 Å². The quantitative estimate of drug-likeness (QED) is 0.420. The van der Waals surface area contributed by atoms with E-state index in [1.165, 1.54) is 13.3 Å². The van der Waals surface area contributed by atoms with Gasteiger partial charge in [0.05, 0.1) is 24.0 Å². The number of amides is 1. The zero-order chi connectivity index (χ0) is 18.4. The second kappa shape index (κ2) is 7.97. The summed E-state index contributed by atoms with van der Waals surface area (Å²) in [5.74, 6) is -0.919. The number of ether oxygens (including phenoxy) is 1. The SMILES string of the molecule is COC(=O)NC(=S)Nc1ccccc1/N=C/c1c(O)cc(O)cc1O. The number of methoxy groups -OCH3 is 1. The summed E-state index contributed by atoms with van der Waals surface area (Å²) in [5.41, 5.74) is 0.962. The maximum Gasteiger partial charge on any atom is 0.413 e. The van der Waals surface area contributed by atoms with Gasteiger partial charge in [-0.25, -0.2) is 4.79 Å². The lowest BCUT2D eigenvalue weighted by Crippen LogP contribution is -2.33. The Kier molecular flexibility index (Phi) is 5.75. The van der Waals surface area contributed by atoms with Crippen molar-refractivity contribution >= 4 is 41.0 Å². The fraction of sp³-hybridized carbons (Fsp3) is 0.0625. The van der Waals surface area contributed by atoms with E-state index in [0.717, 1.165) is 12.1 Å². The molecule has 0 aliphatic heterocycles. The summed E-state index contributed by atoms with van der Waals surface area (Å²) in [7, 11) is 1.22. The largest absolute Gasteiger partial charge is 0.508 e. The molecule has 130 valence electrons. The highest BCUT2D eigenvalue weighted by molar-refractivity contribution is 7.80. The molecule has 0 unspecified atom stereocenters. The Hall–Kier alpha value is -3.33. The topological polar surface area (TPSA) is 123 Å². The number of hydrogen-bond acceptors (Lipinski definition) is 7. The molecule has 1 amide bonds. The van der Waals surface area contributed by atoms with Gasteiger partial charge in [0.1, 0.15) is 17.2 Å². The normalized spacial score (nSPS) is 10.4. The van der Waals surface area contributed by atoms with E-state index < -0.39 is 6.09 Å². The summed E-state index contributed by atoms with van der Waals surface area (Å²) in [6.07, 6.45) is 0.527. The highest BCUT2D eigenvalue weighted by Crippen LogP contribution is 2.31. The number of phenols is 3. The summed E-state index contributed by atoms with van der Waals surface area (Å²) in [6, 6.07) is 8.96. The lowest BCUT2D eigenvalue weighted by atomic mass is 10.2. The van der Waals surface area contributed by atoms with Crippen LogP contribution in [0.1, 0.15) is 5.56 Å². The number of benzene rings is 2. The van der Waals surface area contributed by atoms with Gasteiger partial charge in [0.15, 0.2) is 5.11 Å². The zero-order valence-corrected chi connectivity index (χ0v) is 13.9. The Labute approximate surface area is 148 Å². The number of nitrogens with zero attached hydrogens (tertiary/aromatic N) is 1. The van der Waals surface area contributed by atoms with Gasteiger partial charge in [-0.1, -0.05) is 12.1 Å². The molecular formula is C16H15N3O5S. The van der Waals surface area contributed by atoms with E-state index in [1.807, 2.05) is 0 Å². The van der Waals surface area contributed by atoms with Crippen LogP contribution in [0.5, 0.6) is 17.2 Å². The molecule has 0 saturated heterocycles. The van der Waals surface area contributed by atoms with E-state index in [2.05, 4.69) is 20.4 Å². The van der Waals surface area contributed by atoms with Gasteiger partial charge in [-0.05, 0) is 24.4 Å². The molecule has 2 rings (SSSR count). The van der Waals surface area contributed by atoms with Crippen LogP contribution < -0.4 is 10.6 Å². The molecule has 0 aromatic heterocycles. The minimum atomic E-state index is -0.711. The molecule has 0 bridgehead atoms. The first-order valence-electron chi connectivity index (χ1n) is 6.94. The van der Waals surface area contributed by atoms with Crippen molar-refractivity contribution in [1.29, 1.82) is 0 Å². The number of aliphatic imine (C=N–C) groups is 1. The van der Waals surface area contributed by atoms with E-state index in [4.69, 9.17) is 12.2 Å². The number of phenolic OH excluding ortho intramolecular Hbond substituents is 3. The average molecular weight is 361 g/mol. The lowest BCUT2D eigenvalue weighted by molar-refractivity contribution is 0.177. The molecule has 2 aromatic rings. The van der Waals surface area contributed by atoms with Crippen molar-refractivity contribution in [3.63, 3.8) is 0 Å². The van der Waals surface area contributed by atoms with Crippen LogP contribution in [0, 0.1) is 0 Å². The third kappa shape index (κ3) is 4.82. The average Bonchev–Trinajstić information content (AvgIpc) is 2.55. The van der Waals surface area contributed by atoms with Gasteiger partial charge in [-0.2, -0.15) is 0 Å². The van der Waals surface area contributed by atoms with Gasteiger partial charge in [0.2, 0.25) is 0 Å². The second-order valence-corrected chi connectivity index (χ2v) is 5.15. The summed E-state index contributed by atoms with van der Waals surface area (Å²) in [4.78, 5) is 15.3. The predicted octanol–water partition coefficient (Wildman–Crippen LogP) is 2.61. The maximum absolute atomic E-state index is 11.1. The van der Waals surface area contributed by atoms with E-state index in [1.54, 1.807) is 24.3 Å². The number of thiocarbonyl (C=S) groups is 1. The lowest BCUT2D eigenvalue weighted by Gasteiger charge is -2.10. The summed E-state index contributed by atoms with van der Waals surface area (Å²) >= 11 is 4.99. The van der Waals surface area contributed by atoms with Crippen molar-refractivity contribution in [3.8, 4) is 17.2 Å². The molecule has 0 radical (unpaired) electrons. The van der Waals surface area contributed by atoms with Crippen LogP contribution in [0.15, 0.2) is 41.4 Å². The van der Waals surface area contributed by atoms with Crippen molar-refractivity contribution < 1.29 is 24.9 Å². The van der Waals surface area contributed by atoms with Gasteiger partial charge >= 0.3 is 6.09 Å². The Morgan fingerprint density at radius 2 is 1.84 bits per heavy atom. The monoisotopic (exact) mass is 361 g/mol. The van der Waals surface area contributed by atoms with E-state index in [-0.39, 0.29) is 27.9 Å². The standard InChI is InChI=1S/C16H15N3O5S/c1-24-16(23)19-15(25)18-12-5-3-2-4-11(12)17-8-10-13(21)6-9(20)7-14(10)22/h2-8,20-22H,1H3,(H2,18,19,23,25)/b17-8+. The van der Waals surface area contributed by atoms with Crippen LogP contribution in [0.3, 0.4) is 0 Å². The molecule has 8 nitrogen and oxygen atoms in total. The number of alkyl carbamates (subject to hydrolysis) is 1. The smallest absolute Gasteiger partial charge is 0.413 e. The number of anilines is 1. The van der Waals surface area contributed by atoms with E-state index >= 15 is 0 Å². The first-order chi connectivity index (χ1) is 11.9. The number of rotatable bonds is 3. The molecular weight excluding hydrogens is 346 g/mol. The van der Waals surface area contributed by atoms with E-state index in [0.29, 0.717) is 11.4 Å². The fourth-order valence-corrected chi connectivity index (χ4v) is 2.06. The van der Waals surface area contributed by atoms with Gasteiger partial charge in [-0.15, -0.1) is 0 Å². The number of nitrogens with one attached hydrogen (secondary N) is 2. The van der Waals surface area contributed by atoms with Crippen molar-refractivity contribution in [3.05, 3.63) is 42.0 Å². The predicted molar refractivity (Wildman–Crippen MR) is 96.9 cm³/mol. The Bertz CT molecular complexity index is 815. The molecule has 9 heteroatoms. The van der Waals surface area contributed by atoms with Crippen LogP contribution in [0.2, 0.25) is 0 Å². The molecule has 0 saturated carbocycles. The second-order valence-electron chi connectivity index (χ2n) is 4.74. The minimum Gasteiger partial charge on any atom is -0.508 e. The summed E-state index contributed by atoms with van der Waals surface area (Å²) < 4.78 is 4.45. The molecule has 2 aromatic carbocycles. The highest BCUT2D eigenvalue weighted by atomic mass is 32.1. The molecule has 0 heterocycles. The summed E-state index contributed by atoms with van der Waals surface area (Å²) in [6.45, 7) is 0. The zero-order valence-electron chi connectivity index (χ0n) is 13.1.